The van der Waals surface area contributed by atoms with Crippen molar-refractivity contribution >= 4 is 21.8 Å². The second kappa shape index (κ2) is 7.54. The van der Waals surface area contributed by atoms with Gasteiger partial charge in [-0.25, -0.2) is 0 Å². The summed E-state index contributed by atoms with van der Waals surface area (Å²) in [6, 6.07) is 4.88. The van der Waals surface area contributed by atoms with Crippen molar-refractivity contribution in [2.45, 2.75) is 51.6 Å². The summed E-state index contributed by atoms with van der Waals surface area (Å²) in [6.45, 7) is 6.99. The van der Waals surface area contributed by atoms with Gasteiger partial charge in [-0.2, -0.15) is 0 Å². The molecule has 5 heteroatoms. The predicted octanol–water partition coefficient (Wildman–Crippen LogP) is 3.13. The molecule has 1 N–H and O–H groups in total. The number of piperidine rings is 1. The van der Waals surface area contributed by atoms with Crippen molar-refractivity contribution in [3.8, 4) is 0 Å². The molecule has 0 spiro atoms. The fraction of sp³-hybridized carbons (Fsp3) is 0.632. The molecule has 1 aromatic carbocycles. The first kappa shape index (κ1) is 17.9. The summed E-state index contributed by atoms with van der Waals surface area (Å²) < 4.78 is 1.02. The van der Waals surface area contributed by atoms with Gasteiger partial charge in [0.15, 0.2) is 0 Å². The molecule has 0 aromatic heterocycles. The van der Waals surface area contributed by atoms with Gasteiger partial charge in [0.25, 0.3) is 5.91 Å². The summed E-state index contributed by atoms with van der Waals surface area (Å²) in [5, 5.41) is 9.53. The van der Waals surface area contributed by atoms with E-state index in [4.69, 9.17) is 0 Å². The van der Waals surface area contributed by atoms with E-state index in [0.29, 0.717) is 12.1 Å². The molecule has 0 saturated carbocycles. The predicted molar refractivity (Wildman–Crippen MR) is 99.4 cm³/mol. The van der Waals surface area contributed by atoms with Crippen molar-refractivity contribution in [2.75, 3.05) is 26.2 Å². The highest BCUT2D eigenvalue weighted by molar-refractivity contribution is 9.10. The summed E-state index contributed by atoms with van der Waals surface area (Å²) in [6.07, 6.45) is 4.31. The highest BCUT2D eigenvalue weighted by Crippen LogP contribution is 2.28. The molecule has 2 saturated heterocycles. The lowest BCUT2D eigenvalue weighted by molar-refractivity contribution is 0.0537. The van der Waals surface area contributed by atoms with Gasteiger partial charge >= 0.3 is 0 Å². The van der Waals surface area contributed by atoms with Crippen molar-refractivity contribution < 1.29 is 9.90 Å². The number of carbonyl (C=O) groups is 1. The van der Waals surface area contributed by atoms with Gasteiger partial charge in [-0.15, -0.1) is 0 Å². The average Bonchev–Trinajstić information content (AvgIpc) is 3.02. The van der Waals surface area contributed by atoms with E-state index in [0.717, 1.165) is 60.1 Å². The number of benzene rings is 1. The topological polar surface area (TPSA) is 43.8 Å². The molecule has 3 rings (SSSR count). The van der Waals surface area contributed by atoms with Crippen LogP contribution >= 0.6 is 15.9 Å². The van der Waals surface area contributed by atoms with Crippen molar-refractivity contribution in [3.05, 3.63) is 33.3 Å². The van der Waals surface area contributed by atoms with Crippen LogP contribution in [0.5, 0.6) is 0 Å². The van der Waals surface area contributed by atoms with Crippen LogP contribution in [-0.4, -0.2) is 59.1 Å². The summed E-state index contributed by atoms with van der Waals surface area (Å²) in [7, 11) is 0. The zero-order chi connectivity index (χ0) is 17.3. The maximum absolute atomic E-state index is 13.0. The Labute approximate surface area is 153 Å². The standard InChI is InChI=1S/C19H27BrN2O2/c1-13-10-15(20)11-14(2)18(13)19(24)21-8-5-16(6-9-21)22-7-3-4-17(22)12-23/h10-11,16-17,23H,3-9,12H2,1-2H3. The first-order valence-corrected chi connectivity index (χ1v) is 9.73. The molecule has 2 fully saturated rings. The van der Waals surface area contributed by atoms with Gasteiger partial charge in [-0.1, -0.05) is 15.9 Å². The highest BCUT2D eigenvalue weighted by atomic mass is 79.9. The van der Waals surface area contributed by atoms with Crippen molar-refractivity contribution in [1.82, 2.24) is 9.80 Å². The molecule has 1 unspecified atom stereocenters. The quantitative estimate of drug-likeness (QED) is 0.856. The molecule has 1 atom stereocenters. The number of rotatable bonds is 3. The Bertz CT molecular complexity index is 588. The average molecular weight is 395 g/mol. The minimum absolute atomic E-state index is 0.163. The lowest BCUT2D eigenvalue weighted by Crippen LogP contribution is -2.49. The van der Waals surface area contributed by atoms with E-state index < -0.39 is 0 Å². The second-order valence-corrected chi connectivity index (χ2v) is 8.07. The largest absolute Gasteiger partial charge is 0.395 e. The minimum atomic E-state index is 0.163. The number of hydrogen-bond acceptors (Lipinski definition) is 3. The first-order valence-electron chi connectivity index (χ1n) is 8.94. The van der Waals surface area contributed by atoms with E-state index in [2.05, 4.69) is 20.8 Å². The molecule has 132 valence electrons. The van der Waals surface area contributed by atoms with Crippen LogP contribution in [0.2, 0.25) is 0 Å². The van der Waals surface area contributed by atoms with Crippen molar-refractivity contribution in [3.63, 3.8) is 0 Å². The number of carbonyl (C=O) groups excluding carboxylic acids is 1. The molecule has 2 aliphatic rings. The molecule has 0 bridgehead atoms. The Morgan fingerprint density at radius 2 is 1.79 bits per heavy atom. The lowest BCUT2D eigenvalue weighted by atomic mass is 9.98. The molecule has 1 aromatic rings. The minimum Gasteiger partial charge on any atom is -0.395 e. The summed E-state index contributed by atoms with van der Waals surface area (Å²) in [4.78, 5) is 17.4. The fourth-order valence-electron chi connectivity index (χ4n) is 4.34. The number of hydrogen-bond donors (Lipinski definition) is 1. The molecule has 2 aliphatic heterocycles. The normalized spacial score (nSPS) is 23.0. The zero-order valence-electron chi connectivity index (χ0n) is 14.6. The van der Waals surface area contributed by atoms with Crippen molar-refractivity contribution in [1.29, 1.82) is 0 Å². The summed E-state index contributed by atoms with van der Waals surface area (Å²) >= 11 is 3.50. The second-order valence-electron chi connectivity index (χ2n) is 7.15. The van der Waals surface area contributed by atoms with Crippen LogP contribution in [0, 0.1) is 13.8 Å². The maximum atomic E-state index is 13.0. The third-order valence-corrected chi connectivity index (χ3v) is 6.02. The van der Waals surface area contributed by atoms with E-state index >= 15 is 0 Å². The van der Waals surface area contributed by atoms with Crippen LogP contribution in [0.3, 0.4) is 0 Å². The SMILES string of the molecule is Cc1cc(Br)cc(C)c1C(=O)N1CCC(N2CCCC2CO)CC1. The van der Waals surface area contributed by atoms with Gasteiger partial charge in [0.2, 0.25) is 0 Å². The zero-order valence-corrected chi connectivity index (χ0v) is 16.2. The van der Waals surface area contributed by atoms with E-state index in [1.807, 2.05) is 30.9 Å². The Kier molecular flexibility index (Phi) is 5.63. The molecule has 24 heavy (non-hydrogen) atoms. The number of aliphatic hydroxyl groups is 1. The number of halogens is 1. The van der Waals surface area contributed by atoms with Gasteiger partial charge in [-0.3, -0.25) is 9.69 Å². The van der Waals surface area contributed by atoms with Crippen LogP contribution in [0.4, 0.5) is 0 Å². The Morgan fingerprint density at radius 3 is 2.38 bits per heavy atom. The number of aryl methyl sites for hydroxylation is 2. The monoisotopic (exact) mass is 394 g/mol. The third kappa shape index (κ3) is 3.53. The summed E-state index contributed by atoms with van der Waals surface area (Å²) in [5.74, 6) is 0.163. The van der Waals surface area contributed by atoms with Crippen LogP contribution in [-0.2, 0) is 0 Å². The Hall–Kier alpha value is -0.910. The Balaban J connectivity index is 1.66. The summed E-state index contributed by atoms with van der Waals surface area (Å²) in [5.41, 5.74) is 2.92. The maximum Gasteiger partial charge on any atom is 0.254 e. The molecule has 1 amide bonds. The van der Waals surface area contributed by atoms with Crippen LogP contribution in [0.15, 0.2) is 16.6 Å². The smallest absolute Gasteiger partial charge is 0.254 e. The van der Waals surface area contributed by atoms with E-state index in [-0.39, 0.29) is 12.5 Å². The third-order valence-electron chi connectivity index (χ3n) is 5.57. The van der Waals surface area contributed by atoms with Gasteiger partial charge in [0, 0.05) is 35.2 Å². The van der Waals surface area contributed by atoms with Gasteiger partial charge in [0.1, 0.15) is 0 Å². The van der Waals surface area contributed by atoms with Crippen molar-refractivity contribution in [2.24, 2.45) is 0 Å². The molecular weight excluding hydrogens is 368 g/mol. The van der Waals surface area contributed by atoms with Gasteiger partial charge < -0.3 is 10.0 Å². The van der Waals surface area contributed by atoms with Crippen LogP contribution < -0.4 is 0 Å². The van der Waals surface area contributed by atoms with Crippen LogP contribution in [0.1, 0.15) is 47.2 Å². The highest BCUT2D eigenvalue weighted by Gasteiger charge is 2.33. The molecule has 0 aliphatic carbocycles. The Morgan fingerprint density at radius 1 is 1.17 bits per heavy atom. The lowest BCUT2D eigenvalue weighted by Gasteiger charge is -2.39. The molecule has 4 nitrogen and oxygen atoms in total. The number of amides is 1. The first-order chi connectivity index (χ1) is 11.5. The van der Waals surface area contributed by atoms with Gasteiger partial charge in [-0.05, 0) is 69.3 Å². The number of nitrogens with zero attached hydrogens (tertiary/aromatic N) is 2. The van der Waals surface area contributed by atoms with E-state index in [9.17, 15) is 9.90 Å². The number of likely N-dealkylation sites (tertiary alicyclic amines) is 2. The van der Waals surface area contributed by atoms with E-state index in [1.54, 1.807) is 0 Å². The van der Waals surface area contributed by atoms with Crippen LogP contribution in [0.25, 0.3) is 0 Å². The molecule has 0 radical (unpaired) electrons. The molecular formula is C19H27BrN2O2. The van der Waals surface area contributed by atoms with Gasteiger partial charge in [0.05, 0.1) is 6.61 Å². The van der Waals surface area contributed by atoms with E-state index in [1.165, 1.54) is 6.42 Å². The molecule has 2 heterocycles. The fourth-order valence-corrected chi connectivity index (χ4v) is 5.03. The number of aliphatic hydroxyl groups excluding tert-OH is 1.